The molecule has 0 aliphatic rings. The van der Waals surface area contributed by atoms with Gasteiger partial charge in [-0.05, 0) is 0 Å². The van der Waals surface area contributed by atoms with E-state index in [0.717, 1.165) is 7.11 Å². The van der Waals surface area contributed by atoms with E-state index in [0.29, 0.717) is 0 Å². The maximum Gasteiger partial charge on any atom is 1.00 e. The fourth-order valence-corrected chi connectivity index (χ4v) is 1.01. The Morgan fingerprint density at radius 3 is 2.06 bits per heavy atom. The molecule has 0 amide bonds. The van der Waals surface area contributed by atoms with Crippen molar-refractivity contribution in [2.75, 3.05) is 7.11 Å². The molecule has 0 bridgehead atoms. The van der Waals surface area contributed by atoms with E-state index in [1.165, 1.54) is 0 Å². The van der Waals surface area contributed by atoms with Gasteiger partial charge in [-0.2, -0.15) is 0 Å². The first-order valence-corrected chi connectivity index (χ1v) is 4.15. The van der Waals surface area contributed by atoms with Crippen LogP contribution >= 0.6 is 0 Å². The van der Waals surface area contributed by atoms with Crippen LogP contribution in [-0.2, 0) is 23.9 Å². The van der Waals surface area contributed by atoms with Crippen molar-refractivity contribution in [3.63, 3.8) is 0 Å². The van der Waals surface area contributed by atoms with Crippen molar-refractivity contribution in [2.24, 2.45) is 0 Å². The molecule has 9 nitrogen and oxygen atoms in total. The van der Waals surface area contributed by atoms with Gasteiger partial charge < -0.3 is 29.6 Å². The van der Waals surface area contributed by atoms with Crippen molar-refractivity contribution in [3.8, 4) is 0 Å². The van der Waals surface area contributed by atoms with Crippen molar-refractivity contribution < 1.29 is 73.5 Å². The van der Waals surface area contributed by atoms with Crippen LogP contribution in [0.4, 0.5) is 4.79 Å². The maximum absolute atomic E-state index is 11.1. The van der Waals surface area contributed by atoms with Crippen molar-refractivity contribution in [1.29, 1.82) is 0 Å². The number of carboxylic acids is 1. The molecule has 2 N–H and O–H groups in total. The summed E-state index contributed by atoms with van der Waals surface area (Å²) in [5, 5.41) is 27.9. The average Bonchev–Trinajstić information content (AvgIpc) is 2.13. The minimum atomic E-state index is -2.72. The molecule has 1 atom stereocenters. The van der Waals surface area contributed by atoms with Crippen LogP contribution in [0.1, 0.15) is 12.8 Å². The van der Waals surface area contributed by atoms with Gasteiger partial charge in [0.1, 0.15) is 0 Å². The van der Waals surface area contributed by atoms with Crippen LogP contribution < -0.4 is 34.7 Å². The monoisotopic (exact) mass is 272 g/mol. The van der Waals surface area contributed by atoms with Crippen molar-refractivity contribution >= 4 is 24.1 Å². The van der Waals surface area contributed by atoms with Gasteiger partial charge in [-0.15, -0.1) is 0 Å². The molecule has 0 rings (SSSR count). The van der Waals surface area contributed by atoms with Crippen LogP contribution in [0.15, 0.2) is 0 Å². The third-order valence-corrected chi connectivity index (χ3v) is 1.64. The molecule has 10 heteroatoms. The van der Waals surface area contributed by atoms with Gasteiger partial charge in [0.2, 0.25) is 0 Å². The van der Waals surface area contributed by atoms with E-state index in [1.54, 1.807) is 0 Å². The molecule has 0 aromatic rings. The number of methoxy groups -OCH3 is 1. The van der Waals surface area contributed by atoms with Gasteiger partial charge in [0.15, 0.2) is 5.60 Å². The summed E-state index contributed by atoms with van der Waals surface area (Å²) in [6, 6.07) is 0. The molecular weight excluding hydrogens is 263 g/mol. The van der Waals surface area contributed by atoms with Gasteiger partial charge in [-0.25, -0.2) is 9.59 Å². The Hall–Kier alpha value is -1.16. The number of esters is 2. The standard InChI is InChI=1S/C8H10O9.Na/c1-16-6(12)8(15,2-4(9)10)3-5(11)17-7(13)14;/h15H,2-3H2,1H3,(H,9,10)(H,13,14);/q;+1/p-1. The first-order chi connectivity index (χ1) is 7.71. The van der Waals surface area contributed by atoms with Gasteiger partial charge in [-0.1, -0.05) is 0 Å². The molecule has 0 aromatic carbocycles. The first kappa shape index (κ1) is 19.2. The zero-order chi connectivity index (χ0) is 13.6. The van der Waals surface area contributed by atoms with Crippen LogP contribution in [0.25, 0.3) is 0 Å². The number of carboxylic acid groups (broad SMARTS) is 2. The normalized spacial score (nSPS) is 12.6. The Kier molecular flexibility index (Phi) is 8.56. The van der Waals surface area contributed by atoms with E-state index < -0.39 is 42.5 Å². The van der Waals surface area contributed by atoms with Crippen molar-refractivity contribution in [3.05, 3.63) is 0 Å². The number of hydrogen-bond donors (Lipinski definition) is 2. The summed E-state index contributed by atoms with van der Waals surface area (Å²) in [5.74, 6) is -4.73. The van der Waals surface area contributed by atoms with Crippen molar-refractivity contribution in [2.45, 2.75) is 18.4 Å². The quantitative estimate of drug-likeness (QED) is 0.284. The van der Waals surface area contributed by atoms with Gasteiger partial charge in [-0.3, -0.25) is 4.79 Å². The topological polar surface area (TPSA) is 150 Å². The molecule has 18 heavy (non-hydrogen) atoms. The van der Waals surface area contributed by atoms with E-state index in [4.69, 9.17) is 5.11 Å². The second kappa shape index (κ2) is 8.03. The minimum Gasteiger partial charge on any atom is -0.550 e. The van der Waals surface area contributed by atoms with Crippen molar-refractivity contribution in [1.82, 2.24) is 0 Å². The predicted octanol–water partition coefficient (Wildman–Crippen LogP) is -5.35. The molecule has 0 saturated heterocycles. The largest absolute Gasteiger partial charge is 1.00 e. The Bertz CT molecular complexity index is 352. The van der Waals surface area contributed by atoms with E-state index >= 15 is 0 Å². The Morgan fingerprint density at radius 1 is 1.22 bits per heavy atom. The van der Waals surface area contributed by atoms with Crippen LogP contribution in [0.2, 0.25) is 0 Å². The van der Waals surface area contributed by atoms with Crippen LogP contribution in [0.5, 0.6) is 0 Å². The number of rotatable bonds is 5. The molecule has 1 unspecified atom stereocenters. The van der Waals surface area contributed by atoms with Crippen LogP contribution in [-0.4, -0.2) is 47.0 Å². The number of carbonyl (C=O) groups excluding carboxylic acids is 3. The molecule has 0 radical (unpaired) electrons. The number of hydrogen-bond acceptors (Lipinski definition) is 8. The Balaban J connectivity index is 0. The second-order valence-corrected chi connectivity index (χ2v) is 2.99. The third-order valence-electron chi connectivity index (χ3n) is 1.64. The first-order valence-electron chi connectivity index (χ1n) is 4.15. The molecule has 0 spiro atoms. The van der Waals surface area contributed by atoms with E-state index in [9.17, 15) is 29.4 Å². The second-order valence-electron chi connectivity index (χ2n) is 2.99. The Labute approximate surface area is 123 Å². The van der Waals surface area contributed by atoms with Crippen LogP contribution in [0, 0.1) is 0 Å². The smallest absolute Gasteiger partial charge is 0.550 e. The number of aliphatic hydroxyl groups is 1. The molecule has 0 aliphatic heterocycles. The fourth-order valence-electron chi connectivity index (χ4n) is 1.01. The molecule has 0 aliphatic carbocycles. The summed E-state index contributed by atoms with van der Waals surface area (Å²) < 4.78 is 7.71. The molecule has 0 aromatic heterocycles. The third kappa shape index (κ3) is 6.55. The summed E-state index contributed by atoms with van der Waals surface area (Å²) in [6.07, 6.45) is -4.36. The fraction of sp³-hybridized carbons (Fsp3) is 0.500. The number of ether oxygens (including phenoxy) is 2. The van der Waals surface area contributed by atoms with E-state index in [1.807, 2.05) is 0 Å². The minimum absolute atomic E-state index is 0. The van der Waals surface area contributed by atoms with Crippen LogP contribution in [0.3, 0.4) is 0 Å². The summed E-state index contributed by atoms with van der Waals surface area (Å²) >= 11 is 0. The van der Waals surface area contributed by atoms with E-state index in [-0.39, 0.29) is 29.6 Å². The van der Waals surface area contributed by atoms with E-state index in [2.05, 4.69) is 9.47 Å². The van der Waals surface area contributed by atoms with Gasteiger partial charge >= 0.3 is 47.7 Å². The number of aliphatic carboxylic acids is 1. The maximum atomic E-state index is 11.1. The average molecular weight is 272 g/mol. The summed E-state index contributed by atoms with van der Waals surface area (Å²) in [5.41, 5.74) is -2.72. The SMILES string of the molecule is COC(=O)C(O)(CC(=O)[O-])CC(=O)OC(=O)O.[Na+]. The molecule has 96 valence electrons. The summed E-state index contributed by atoms with van der Waals surface area (Å²) in [7, 11) is 0.852. The molecule has 0 fully saturated rings. The van der Waals surface area contributed by atoms with Gasteiger partial charge in [0, 0.05) is 12.4 Å². The molecule has 0 saturated carbocycles. The van der Waals surface area contributed by atoms with Gasteiger partial charge in [0.05, 0.1) is 13.5 Å². The zero-order valence-corrected chi connectivity index (χ0v) is 11.7. The molecular formula is C8H9NaO9. The number of carbonyl (C=O) groups is 4. The summed E-state index contributed by atoms with van der Waals surface area (Å²) in [6.45, 7) is 0. The Morgan fingerprint density at radius 2 is 1.72 bits per heavy atom. The predicted molar refractivity (Wildman–Crippen MR) is 45.3 cm³/mol. The zero-order valence-electron chi connectivity index (χ0n) is 9.67. The molecule has 0 heterocycles. The van der Waals surface area contributed by atoms with Gasteiger partial charge in [0.25, 0.3) is 0 Å². The summed E-state index contributed by atoms with van der Waals surface area (Å²) in [4.78, 5) is 42.2.